The van der Waals surface area contributed by atoms with Crippen LogP contribution in [0.15, 0.2) is 59.1 Å². The van der Waals surface area contributed by atoms with Crippen molar-refractivity contribution in [3.05, 3.63) is 70.5 Å². The van der Waals surface area contributed by atoms with Crippen LogP contribution < -0.4 is 0 Å². The summed E-state index contributed by atoms with van der Waals surface area (Å²) in [5, 5.41) is 0. The molecule has 1 aliphatic rings. The Morgan fingerprint density at radius 2 is 1.88 bits per heavy atom. The quantitative estimate of drug-likeness (QED) is 0.572. The van der Waals surface area contributed by atoms with E-state index in [-0.39, 0.29) is 40.1 Å². The van der Waals surface area contributed by atoms with Gasteiger partial charge in [-0.3, -0.25) is 4.79 Å². The third kappa shape index (κ3) is 3.94. The molecule has 0 spiro atoms. The second-order valence-corrected chi connectivity index (χ2v) is 8.08. The van der Waals surface area contributed by atoms with E-state index in [1.807, 2.05) is 44.2 Å². The number of hydrogen-bond acceptors (Lipinski definition) is 2. The molecule has 0 N–H and O–H groups in total. The van der Waals surface area contributed by atoms with E-state index >= 15 is 0 Å². The molecule has 3 rings (SSSR count). The van der Waals surface area contributed by atoms with Crippen LogP contribution in [0.25, 0.3) is 11.1 Å². The van der Waals surface area contributed by atoms with Gasteiger partial charge in [0.05, 0.1) is 5.92 Å². The lowest BCUT2D eigenvalue weighted by atomic mass is 10.0. The molecule has 5 heteroatoms. The van der Waals surface area contributed by atoms with E-state index in [1.54, 1.807) is 18.2 Å². The minimum absolute atomic E-state index is 0.0342. The van der Waals surface area contributed by atoms with Crippen molar-refractivity contribution in [2.75, 3.05) is 0 Å². The average molecular weight is 393 g/mol. The van der Waals surface area contributed by atoms with Crippen LogP contribution in [0, 0.1) is 23.1 Å². The highest BCUT2D eigenvalue weighted by Gasteiger charge is 2.61. The highest BCUT2D eigenvalue weighted by atomic mass is 35.5. The summed E-state index contributed by atoms with van der Waals surface area (Å²) in [6.07, 6.45) is 1.68. The number of rotatable bonds is 5. The molecule has 0 aliphatic heterocycles. The first kappa shape index (κ1) is 18.9. The average Bonchev–Trinajstić information content (AvgIpc) is 3.14. The highest BCUT2D eigenvalue weighted by molar-refractivity contribution is 6.55. The zero-order valence-corrected chi connectivity index (χ0v) is 16.0. The fraction of sp³-hybridized carbons (Fsp3) is 0.286. The molecule has 1 fully saturated rings. The minimum atomic E-state index is -0.309. The molecular formula is C21H19Cl2FO2. The van der Waals surface area contributed by atoms with Crippen LogP contribution in [-0.4, -0.2) is 5.97 Å². The topological polar surface area (TPSA) is 26.3 Å². The van der Waals surface area contributed by atoms with Crippen molar-refractivity contribution in [1.82, 2.24) is 0 Å². The van der Waals surface area contributed by atoms with Gasteiger partial charge < -0.3 is 4.74 Å². The first-order chi connectivity index (χ1) is 12.3. The number of carbonyl (C=O) groups excluding carboxylic acids is 1. The number of allylic oxidation sites excluding steroid dienone is 1. The monoisotopic (exact) mass is 392 g/mol. The van der Waals surface area contributed by atoms with Crippen molar-refractivity contribution in [3.8, 4) is 11.1 Å². The lowest BCUT2D eigenvalue weighted by Crippen LogP contribution is -2.10. The van der Waals surface area contributed by atoms with Crippen LogP contribution in [0.5, 0.6) is 0 Å². The van der Waals surface area contributed by atoms with Crippen molar-refractivity contribution < 1.29 is 13.9 Å². The smallest absolute Gasteiger partial charge is 0.310 e. The second-order valence-electron chi connectivity index (χ2n) is 7.07. The standard InChI is InChI=1S/C21H19Cl2FO2/c1-21(2)16(11-18(22)23)19(21)20(25)26-12-13-8-9-17(24)15(10-13)14-6-4-3-5-7-14/h3-11,16,19H,12H2,1-2H3/t16-,19-/m1/s1. The molecule has 1 aliphatic carbocycles. The van der Waals surface area contributed by atoms with E-state index in [0.29, 0.717) is 5.56 Å². The number of halogens is 3. The number of hydrogen-bond donors (Lipinski definition) is 0. The molecule has 2 aromatic carbocycles. The Balaban J connectivity index is 1.69. The van der Waals surface area contributed by atoms with Crippen LogP contribution in [0.3, 0.4) is 0 Å². The molecule has 136 valence electrons. The SMILES string of the molecule is CC1(C)[C@H](C=C(Cl)Cl)[C@@H]1C(=O)OCc1ccc(F)c(-c2ccccc2)c1. The second kappa shape index (κ2) is 7.42. The number of carbonyl (C=O) groups is 1. The zero-order chi connectivity index (χ0) is 18.9. The first-order valence-corrected chi connectivity index (χ1v) is 9.09. The van der Waals surface area contributed by atoms with E-state index in [1.165, 1.54) is 6.07 Å². The molecule has 2 aromatic rings. The van der Waals surface area contributed by atoms with E-state index in [0.717, 1.165) is 11.1 Å². The summed E-state index contributed by atoms with van der Waals surface area (Å²) in [5.41, 5.74) is 1.77. The maximum Gasteiger partial charge on any atom is 0.310 e. The zero-order valence-electron chi connectivity index (χ0n) is 14.5. The van der Waals surface area contributed by atoms with Gasteiger partial charge in [-0.25, -0.2) is 4.39 Å². The van der Waals surface area contributed by atoms with Crippen molar-refractivity contribution in [3.63, 3.8) is 0 Å². The Labute approximate surface area is 162 Å². The fourth-order valence-electron chi connectivity index (χ4n) is 3.32. The van der Waals surface area contributed by atoms with E-state index in [4.69, 9.17) is 27.9 Å². The highest BCUT2D eigenvalue weighted by Crippen LogP contribution is 2.60. The first-order valence-electron chi connectivity index (χ1n) is 8.34. The molecule has 0 aromatic heterocycles. The predicted octanol–water partition coefficient (Wildman–Crippen LogP) is 6.13. The molecule has 0 unspecified atom stereocenters. The third-order valence-electron chi connectivity index (χ3n) is 4.97. The minimum Gasteiger partial charge on any atom is -0.461 e. The van der Waals surface area contributed by atoms with Crippen LogP contribution in [0.1, 0.15) is 19.4 Å². The maximum absolute atomic E-state index is 14.1. The van der Waals surface area contributed by atoms with Gasteiger partial charge in [0.1, 0.15) is 16.9 Å². The van der Waals surface area contributed by atoms with Gasteiger partial charge in [0.2, 0.25) is 0 Å². The summed E-state index contributed by atoms with van der Waals surface area (Å²) in [5.74, 6) is -0.912. The van der Waals surface area contributed by atoms with Crippen LogP contribution in [0.2, 0.25) is 0 Å². The molecule has 0 radical (unpaired) electrons. The lowest BCUT2D eigenvalue weighted by molar-refractivity contribution is -0.147. The summed E-state index contributed by atoms with van der Waals surface area (Å²) in [4.78, 5) is 12.4. The molecule has 0 heterocycles. The molecule has 2 atom stereocenters. The normalized spacial score (nSPS) is 20.3. The Kier molecular flexibility index (Phi) is 5.40. The Morgan fingerprint density at radius 1 is 1.19 bits per heavy atom. The van der Waals surface area contributed by atoms with Crippen LogP contribution in [0.4, 0.5) is 4.39 Å². The van der Waals surface area contributed by atoms with E-state index in [2.05, 4.69) is 0 Å². The molecule has 2 nitrogen and oxygen atoms in total. The molecule has 0 amide bonds. The fourth-order valence-corrected chi connectivity index (χ4v) is 3.59. The van der Waals surface area contributed by atoms with Gasteiger partial charge in [0, 0.05) is 5.56 Å². The summed E-state index contributed by atoms with van der Waals surface area (Å²) in [6.45, 7) is 4.04. The summed E-state index contributed by atoms with van der Waals surface area (Å²) in [7, 11) is 0. The Morgan fingerprint density at radius 3 is 2.54 bits per heavy atom. The van der Waals surface area contributed by atoms with Gasteiger partial charge in [-0.05, 0) is 40.7 Å². The van der Waals surface area contributed by atoms with E-state index in [9.17, 15) is 9.18 Å². The molecular weight excluding hydrogens is 374 g/mol. The van der Waals surface area contributed by atoms with Gasteiger partial charge in [-0.2, -0.15) is 0 Å². The third-order valence-corrected chi connectivity index (χ3v) is 5.22. The van der Waals surface area contributed by atoms with Gasteiger partial charge in [-0.1, -0.05) is 73.4 Å². The van der Waals surface area contributed by atoms with Crippen molar-refractivity contribution in [1.29, 1.82) is 0 Å². The number of esters is 1. The van der Waals surface area contributed by atoms with Gasteiger partial charge in [-0.15, -0.1) is 0 Å². The van der Waals surface area contributed by atoms with Crippen molar-refractivity contribution in [2.24, 2.45) is 17.3 Å². The largest absolute Gasteiger partial charge is 0.461 e. The molecule has 1 saturated carbocycles. The maximum atomic E-state index is 14.1. The van der Waals surface area contributed by atoms with Gasteiger partial charge >= 0.3 is 5.97 Å². The Hall–Kier alpha value is -1.84. The van der Waals surface area contributed by atoms with Crippen molar-refractivity contribution >= 4 is 29.2 Å². The molecule has 26 heavy (non-hydrogen) atoms. The van der Waals surface area contributed by atoms with Gasteiger partial charge in [0.25, 0.3) is 0 Å². The molecule has 0 bridgehead atoms. The summed E-state index contributed by atoms with van der Waals surface area (Å²) >= 11 is 11.4. The summed E-state index contributed by atoms with van der Waals surface area (Å²) in [6, 6.07) is 14.0. The lowest BCUT2D eigenvalue weighted by Gasteiger charge is -2.09. The van der Waals surface area contributed by atoms with E-state index < -0.39 is 0 Å². The van der Waals surface area contributed by atoms with Crippen LogP contribution in [-0.2, 0) is 16.1 Å². The van der Waals surface area contributed by atoms with Crippen molar-refractivity contribution in [2.45, 2.75) is 20.5 Å². The Bertz CT molecular complexity index is 842. The number of ether oxygens (including phenoxy) is 1. The summed E-state index contributed by atoms with van der Waals surface area (Å²) < 4.78 is 19.7. The predicted molar refractivity (Wildman–Crippen MR) is 102 cm³/mol. The molecule has 0 saturated heterocycles. The van der Waals surface area contributed by atoms with Gasteiger partial charge in [0.15, 0.2) is 0 Å². The van der Waals surface area contributed by atoms with Crippen LogP contribution >= 0.6 is 23.2 Å². The number of benzene rings is 2.